The molecule has 0 saturated carbocycles. The van der Waals surface area contributed by atoms with Crippen LogP contribution in [0, 0.1) is 19.1 Å². The number of piperazine rings is 1. The first-order valence-electron chi connectivity index (χ1n) is 10.2. The minimum Gasteiger partial charge on any atom is -0.619 e. The van der Waals surface area contributed by atoms with Gasteiger partial charge in [0.15, 0.2) is 12.4 Å². The van der Waals surface area contributed by atoms with Crippen LogP contribution < -0.4 is 20.1 Å². The fourth-order valence-electron chi connectivity index (χ4n) is 3.42. The van der Waals surface area contributed by atoms with Crippen molar-refractivity contribution in [1.82, 2.24) is 15.5 Å². The average Bonchev–Trinajstić information content (AvgIpc) is 2.73. The molecule has 1 amide bonds. The minimum absolute atomic E-state index is 0.249. The molecule has 1 saturated heterocycles. The molecule has 1 aromatic heterocycles. The lowest BCUT2D eigenvalue weighted by molar-refractivity contribution is -0.605. The van der Waals surface area contributed by atoms with Gasteiger partial charge in [0.2, 0.25) is 0 Å². The number of carbonyl (C=O) groups is 1. The molecule has 0 spiro atoms. The van der Waals surface area contributed by atoms with Gasteiger partial charge in [-0.25, -0.2) is 0 Å². The molecular formula is C22H30N4O3. The number of rotatable bonds is 8. The third-order valence-electron chi connectivity index (χ3n) is 5.32. The second-order valence-electron chi connectivity index (χ2n) is 7.42. The van der Waals surface area contributed by atoms with Gasteiger partial charge in [0, 0.05) is 50.9 Å². The van der Waals surface area contributed by atoms with Crippen molar-refractivity contribution in [2.24, 2.45) is 0 Å². The molecule has 2 aromatic rings. The number of carbonyl (C=O) groups excluding carboxylic acids is 1. The van der Waals surface area contributed by atoms with Crippen molar-refractivity contribution in [2.45, 2.75) is 26.8 Å². The molecule has 3 rings (SSSR count). The third-order valence-corrected chi connectivity index (χ3v) is 5.32. The summed E-state index contributed by atoms with van der Waals surface area (Å²) in [5.41, 5.74) is 4.16. The lowest BCUT2D eigenvalue weighted by Crippen LogP contribution is -2.43. The quantitative estimate of drug-likeness (QED) is 0.401. The van der Waals surface area contributed by atoms with Crippen molar-refractivity contribution in [2.75, 3.05) is 39.3 Å². The van der Waals surface area contributed by atoms with Crippen LogP contribution in [0.4, 0.5) is 0 Å². The Balaban J connectivity index is 1.51. The smallest absolute Gasteiger partial charge is 0.257 e. The first-order chi connectivity index (χ1) is 14.0. The Kier molecular flexibility index (Phi) is 7.43. The lowest BCUT2D eigenvalue weighted by atomic mass is 10.0. The van der Waals surface area contributed by atoms with Crippen molar-refractivity contribution in [3.63, 3.8) is 0 Å². The first-order valence-corrected chi connectivity index (χ1v) is 10.2. The van der Waals surface area contributed by atoms with Crippen LogP contribution in [0.2, 0.25) is 0 Å². The zero-order valence-corrected chi connectivity index (χ0v) is 17.2. The molecule has 1 fully saturated rings. The van der Waals surface area contributed by atoms with Crippen molar-refractivity contribution in [1.29, 1.82) is 0 Å². The Labute approximate surface area is 172 Å². The highest BCUT2D eigenvalue weighted by Crippen LogP contribution is 2.26. The number of amides is 1. The summed E-state index contributed by atoms with van der Waals surface area (Å²) in [7, 11) is 0. The van der Waals surface area contributed by atoms with Crippen molar-refractivity contribution in [3.8, 4) is 5.75 Å². The van der Waals surface area contributed by atoms with Crippen LogP contribution in [-0.2, 0) is 6.54 Å². The molecule has 1 aliphatic heterocycles. The summed E-state index contributed by atoms with van der Waals surface area (Å²) in [5.74, 6) is 0.675. The van der Waals surface area contributed by atoms with Crippen LogP contribution in [0.5, 0.6) is 5.75 Å². The van der Waals surface area contributed by atoms with E-state index >= 15 is 0 Å². The number of ether oxygens (including phenoxy) is 1. The van der Waals surface area contributed by atoms with Crippen molar-refractivity contribution < 1.29 is 14.3 Å². The van der Waals surface area contributed by atoms with Crippen molar-refractivity contribution >= 4 is 5.91 Å². The van der Waals surface area contributed by atoms with Crippen LogP contribution in [0.3, 0.4) is 0 Å². The second kappa shape index (κ2) is 10.2. The van der Waals surface area contributed by atoms with Gasteiger partial charge in [0.1, 0.15) is 11.3 Å². The first kappa shape index (κ1) is 21.1. The van der Waals surface area contributed by atoms with Gasteiger partial charge < -0.3 is 20.6 Å². The monoisotopic (exact) mass is 398 g/mol. The number of nitrogens with one attached hydrogen (secondary N) is 2. The number of aryl methyl sites for hydroxylation is 1. The standard InChI is InChI=1S/C22H30N4O3/c1-17-6-7-21(20(18(17)2)16-25-12-9-23-10-13-25)29-14-4-8-24-22(27)19-5-3-11-26(28)15-19/h3,5-7,11,15,23H,4,8-10,12-14,16H2,1-2H3,(H,24,27). The van der Waals surface area contributed by atoms with E-state index < -0.39 is 0 Å². The molecule has 0 atom stereocenters. The van der Waals surface area contributed by atoms with Gasteiger partial charge >= 0.3 is 0 Å². The molecule has 7 heteroatoms. The molecule has 1 aliphatic rings. The summed E-state index contributed by atoms with van der Waals surface area (Å²) in [5, 5.41) is 17.5. The molecule has 0 radical (unpaired) electrons. The molecule has 29 heavy (non-hydrogen) atoms. The Hall–Kier alpha value is -2.64. The lowest BCUT2D eigenvalue weighted by Gasteiger charge is -2.29. The normalized spacial score (nSPS) is 14.6. The van der Waals surface area contributed by atoms with Gasteiger partial charge in [-0.3, -0.25) is 9.69 Å². The molecule has 2 N–H and O–H groups in total. The molecule has 7 nitrogen and oxygen atoms in total. The number of hydrogen-bond donors (Lipinski definition) is 2. The van der Waals surface area contributed by atoms with E-state index in [-0.39, 0.29) is 5.91 Å². The molecular weight excluding hydrogens is 368 g/mol. The SMILES string of the molecule is Cc1ccc(OCCCNC(=O)c2ccc[n+]([O-])c2)c(CN2CCNCC2)c1C. The van der Waals surface area contributed by atoms with Crippen LogP contribution in [0.25, 0.3) is 0 Å². The predicted octanol–water partition coefficient (Wildman–Crippen LogP) is 1.54. The maximum Gasteiger partial charge on any atom is 0.257 e. The fourth-order valence-corrected chi connectivity index (χ4v) is 3.42. The Morgan fingerprint density at radius 2 is 2.07 bits per heavy atom. The zero-order valence-electron chi connectivity index (χ0n) is 17.2. The van der Waals surface area contributed by atoms with E-state index in [1.807, 2.05) is 0 Å². The summed E-state index contributed by atoms with van der Waals surface area (Å²) >= 11 is 0. The maximum absolute atomic E-state index is 12.1. The fraction of sp³-hybridized carbons (Fsp3) is 0.455. The molecule has 0 bridgehead atoms. The van der Waals surface area contributed by atoms with Gasteiger partial charge in [0.25, 0.3) is 5.91 Å². The van der Waals surface area contributed by atoms with Gasteiger partial charge in [0.05, 0.1) is 6.61 Å². The Morgan fingerprint density at radius 1 is 1.28 bits per heavy atom. The highest BCUT2D eigenvalue weighted by atomic mass is 16.5. The predicted molar refractivity (Wildman–Crippen MR) is 112 cm³/mol. The summed E-state index contributed by atoms with van der Waals surface area (Å²) in [6.07, 6.45) is 3.31. The van der Waals surface area contributed by atoms with E-state index in [1.165, 1.54) is 29.1 Å². The summed E-state index contributed by atoms with van der Waals surface area (Å²) in [6, 6.07) is 7.33. The minimum atomic E-state index is -0.249. The third kappa shape index (κ3) is 5.92. The van der Waals surface area contributed by atoms with Gasteiger partial charge in [-0.05, 0) is 43.5 Å². The van der Waals surface area contributed by atoms with Crippen LogP contribution in [0.1, 0.15) is 33.5 Å². The van der Waals surface area contributed by atoms with Gasteiger partial charge in [-0.2, -0.15) is 4.73 Å². The number of nitrogens with zero attached hydrogens (tertiary/aromatic N) is 2. The number of aromatic nitrogens is 1. The highest BCUT2D eigenvalue weighted by molar-refractivity contribution is 5.93. The summed E-state index contributed by atoms with van der Waals surface area (Å²) in [6.45, 7) is 10.3. The topological polar surface area (TPSA) is 80.5 Å². The molecule has 2 heterocycles. The molecule has 0 aliphatic carbocycles. The van der Waals surface area contributed by atoms with Crippen molar-refractivity contribution in [3.05, 3.63) is 64.1 Å². The number of hydrogen-bond acceptors (Lipinski definition) is 5. The molecule has 156 valence electrons. The summed E-state index contributed by atoms with van der Waals surface area (Å²) in [4.78, 5) is 14.5. The molecule has 1 aromatic carbocycles. The van der Waals surface area contributed by atoms with Gasteiger partial charge in [-0.1, -0.05) is 6.07 Å². The Bertz CT molecular complexity index is 835. The zero-order chi connectivity index (χ0) is 20.6. The number of pyridine rings is 1. The second-order valence-corrected chi connectivity index (χ2v) is 7.42. The summed E-state index contributed by atoms with van der Waals surface area (Å²) < 4.78 is 6.70. The maximum atomic E-state index is 12.1. The largest absolute Gasteiger partial charge is 0.619 e. The highest BCUT2D eigenvalue weighted by Gasteiger charge is 2.16. The van der Waals surface area contributed by atoms with E-state index in [1.54, 1.807) is 12.1 Å². The average molecular weight is 399 g/mol. The Morgan fingerprint density at radius 3 is 2.83 bits per heavy atom. The molecule has 0 unspecified atom stereocenters. The van der Waals surface area contributed by atoms with Crippen LogP contribution >= 0.6 is 0 Å². The van der Waals surface area contributed by atoms with E-state index in [9.17, 15) is 10.0 Å². The van der Waals surface area contributed by atoms with E-state index in [0.717, 1.165) is 38.5 Å². The number of benzene rings is 1. The van der Waals surface area contributed by atoms with Crippen LogP contribution in [0.15, 0.2) is 36.7 Å². The van der Waals surface area contributed by atoms with E-state index in [2.05, 4.69) is 41.5 Å². The van der Waals surface area contributed by atoms with E-state index in [0.29, 0.717) is 29.9 Å². The van der Waals surface area contributed by atoms with E-state index in [4.69, 9.17) is 4.74 Å². The van der Waals surface area contributed by atoms with Gasteiger partial charge in [-0.15, -0.1) is 0 Å². The van der Waals surface area contributed by atoms with Crippen LogP contribution in [-0.4, -0.2) is 50.1 Å².